The summed E-state index contributed by atoms with van der Waals surface area (Å²) in [6.07, 6.45) is 2.78. The van der Waals surface area contributed by atoms with Crippen molar-refractivity contribution in [2.24, 2.45) is 7.05 Å². The summed E-state index contributed by atoms with van der Waals surface area (Å²) in [6.45, 7) is 2.91. The molecule has 0 spiro atoms. The molecule has 1 unspecified atom stereocenters. The Kier molecular flexibility index (Phi) is 3.76. The average Bonchev–Trinajstić information content (AvgIpc) is 2.48. The highest BCUT2D eigenvalue weighted by Crippen LogP contribution is 2.06. The molecule has 0 radical (unpaired) electrons. The summed E-state index contributed by atoms with van der Waals surface area (Å²) in [4.78, 5) is 0. The van der Waals surface area contributed by atoms with Crippen LogP contribution >= 0.6 is 0 Å². The first-order chi connectivity index (χ1) is 6.24. The van der Waals surface area contributed by atoms with Crippen molar-refractivity contribution < 1.29 is 4.74 Å². The minimum atomic E-state index is 0.412. The fourth-order valence-corrected chi connectivity index (χ4v) is 1.13. The van der Waals surface area contributed by atoms with Crippen LogP contribution in [0.5, 0.6) is 0 Å². The average molecular weight is 183 g/mol. The first kappa shape index (κ1) is 10.1. The Balaban J connectivity index is 2.36. The van der Waals surface area contributed by atoms with Crippen LogP contribution in [-0.2, 0) is 11.8 Å². The number of aromatic nitrogens is 2. The minimum Gasteiger partial charge on any atom is -0.385 e. The van der Waals surface area contributed by atoms with E-state index in [1.807, 2.05) is 17.8 Å². The largest absolute Gasteiger partial charge is 0.385 e. The van der Waals surface area contributed by atoms with Crippen molar-refractivity contribution in [3.05, 3.63) is 12.3 Å². The second-order valence-corrected chi connectivity index (χ2v) is 3.17. The summed E-state index contributed by atoms with van der Waals surface area (Å²) in [5.41, 5.74) is 0. The maximum atomic E-state index is 5.00. The lowest BCUT2D eigenvalue weighted by Crippen LogP contribution is -2.18. The van der Waals surface area contributed by atoms with Gasteiger partial charge in [-0.25, -0.2) is 0 Å². The van der Waals surface area contributed by atoms with Crippen molar-refractivity contribution in [1.82, 2.24) is 9.78 Å². The van der Waals surface area contributed by atoms with Crippen LogP contribution in [0.3, 0.4) is 0 Å². The predicted molar refractivity (Wildman–Crippen MR) is 52.8 cm³/mol. The quantitative estimate of drug-likeness (QED) is 0.747. The summed E-state index contributed by atoms with van der Waals surface area (Å²) < 4.78 is 6.82. The lowest BCUT2D eigenvalue weighted by Gasteiger charge is -2.14. The highest BCUT2D eigenvalue weighted by molar-refractivity contribution is 5.34. The predicted octanol–water partition coefficient (Wildman–Crippen LogP) is 1.26. The van der Waals surface area contributed by atoms with Gasteiger partial charge in [-0.2, -0.15) is 5.10 Å². The van der Waals surface area contributed by atoms with E-state index in [1.165, 1.54) is 0 Å². The van der Waals surface area contributed by atoms with Gasteiger partial charge in [0.05, 0.1) is 6.20 Å². The van der Waals surface area contributed by atoms with Gasteiger partial charge < -0.3 is 10.1 Å². The van der Waals surface area contributed by atoms with Gasteiger partial charge in [0.15, 0.2) is 0 Å². The number of ether oxygens (including phenoxy) is 1. The van der Waals surface area contributed by atoms with Crippen LogP contribution in [0, 0.1) is 0 Å². The SMILES string of the molecule is COCCC(C)Nc1ccnn1C. The van der Waals surface area contributed by atoms with Crippen molar-refractivity contribution in [3.8, 4) is 0 Å². The third kappa shape index (κ3) is 3.06. The van der Waals surface area contributed by atoms with Gasteiger partial charge in [-0.15, -0.1) is 0 Å². The van der Waals surface area contributed by atoms with Crippen LogP contribution in [0.25, 0.3) is 0 Å². The zero-order chi connectivity index (χ0) is 9.68. The van der Waals surface area contributed by atoms with E-state index in [1.54, 1.807) is 13.3 Å². The Labute approximate surface area is 78.9 Å². The zero-order valence-corrected chi connectivity index (χ0v) is 8.45. The van der Waals surface area contributed by atoms with Gasteiger partial charge >= 0.3 is 0 Å². The number of hydrogen-bond acceptors (Lipinski definition) is 3. The molecule has 0 aliphatic heterocycles. The monoisotopic (exact) mass is 183 g/mol. The molecule has 1 atom stereocenters. The van der Waals surface area contributed by atoms with Gasteiger partial charge in [-0.3, -0.25) is 4.68 Å². The maximum Gasteiger partial charge on any atom is 0.124 e. The van der Waals surface area contributed by atoms with Gasteiger partial charge in [0.25, 0.3) is 0 Å². The van der Waals surface area contributed by atoms with E-state index in [0.29, 0.717) is 6.04 Å². The molecule has 0 aliphatic rings. The van der Waals surface area contributed by atoms with E-state index >= 15 is 0 Å². The molecule has 1 aromatic rings. The summed E-state index contributed by atoms with van der Waals surface area (Å²) in [5.74, 6) is 1.05. The highest BCUT2D eigenvalue weighted by atomic mass is 16.5. The molecule has 1 aromatic heterocycles. The first-order valence-corrected chi connectivity index (χ1v) is 4.47. The van der Waals surface area contributed by atoms with Crippen LogP contribution in [-0.4, -0.2) is 29.5 Å². The Hall–Kier alpha value is -1.03. The highest BCUT2D eigenvalue weighted by Gasteiger charge is 2.03. The molecular formula is C9H17N3O. The normalized spacial score (nSPS) is 12.8. The van der Waals surface area contributed by atoms with E-state index in [9.17, 15) is 0 Å². The fraction of sp³-hybridized carbons (Fsp3) is 0.667. The maximum absolute atomic E-state index is 5.00. The molecule has 0 aliphatic carbocycles. The summed E-state index contributed by atoms with van der Waals surface area (Å²) in [6, 6.07) is 2.37. The van der Waals surface area contributed by atoms with Crippen LogP contribution < -0.4 is 5.32 Å². The molecular weight excluding hydrogens is 166 g/mol. The fourth-order valence-electron chi connectivity index (χ4n) is 1.13. The molecule has 0 amide bonds. The van der Waals surface area contributed by atoms with E-state index in [2.05, 4.69) is 17.3 Å². The number of aryl methyl sites for hydroxylation is 1. The van der Waals surface area contributed by atoms with Crippen LogP contribution in [0.2, 0.25) is 0 Å². The minimum absolute atomic E-state index is 0.412. The standard InChI is InChI=1S/C9H17N3O/c1-8(5-7-13-3)11-9-4-6-10-12(9)2/h4,6,8,11H,5,7H2,1-3H3. The third-order valence-corrected chi connectivity index (χ3v) is 1.97. The Morgan fingerprint density at radius 1 is 1.69 bits per heavy atom. The van der Waals surface area contributed by atoms with Crippen LogP contribution in [0.1, 0.15) is 13.3 Å². The number of nitrogens with zero attached hydrogens (tertiary/aromatic N) is 2. The van der Waals surface area contributed by atoms with Crippen molar-refractivity contribution in [2.45, 2.75) is 19.4 Å². The number of anilines is 1. The van der Waals surface area contributed by atoms with Crippen LogP contribution in [0.15, 0.2) is 12.3 Å². The summed E-state index contributed by atoms with van der Waals surface area (Å²) in [5, 5.41) is 7.42. The van der Waals surface area contributed by atoms with E-state index in [4.69, 9.17) is 4.74 Å². The van der Waals surface area contributed by atoms with Crippen molar-refractivity contribution in [3.63, 3.8) is 0 Å². The molecule has 0 saturated heterocycles. The smallest absolute Gasteiger partial charge is 0.124 e. The van der Waals surface area contributed by atoms with Gasteiger partial charge in [0.2, 0.25) is 0 Å². The number of nitrogens with one attached hydrogen (secondary N) is 1. The first-order valence-electron chi connectivity index (χ1n) is 4.47. The number of rotatable bonds is 5. The molecule has 1 N–H and O–H groups in total. The number of methoxy groups -OCH3 is 1. The molecule has 0 aromatic carbocycles. The van der Waals surface area contributed by atoms with E-state index in [-0.39, 0.29) is 0 Å². The van der Waals surface area contributed by atoms with Crippen LogP contribution in [0.4, 0.5) is 5.82 Å². The molecule has 0 fully saturated rings. The summed E-state index contributed by atoms with van der Waals surface area (Å²) in [7, 11) is 3.64. The Morgan fingerprint density at radius 3 is 3.00 bits per heavy atom. The Morgan fingerprint density at radius 2 is 2.46 bits per heavy atom. The topological polar surface area (TPSA) is 39.1 Å². The molecule has 4 nitrogen and oxygen atoms in total. The number of hydrogen-bond donors (Lipinski definition) is 1. The van der Waals surface area contributed by atoms with E-state index in [0.717, 1.165) is 18.8 Å². The second-order valence-electron chi connectivity index (χ2n) is 3.17. The molecule has 4 heteroatoms. The summed E-state index contributed by atoms with van der Waals surface area (Å²) >= 11 is 0. The van der Waals surface area contributed by atoms with Gasteiger partial charge in [-0.05, 0) is 13.3 Å². The lowest BCUT2D eigenvalue weighted by molar-refractivity contribution is 0.191. The molecule has 74 valence electrons. The zero-order valence-electron chi connectivity index (χ0n) is 8.45. The molecule has 0 bridgehead atoms. The van der Waals surface area contributed by atoms with Crippen molar-refractivity contribution in [1.29, 1.82) is 0 Å². The van der Waals surface area contributed by atoms with Gasteiger partial charge in [0.1, 0.15) is 5.82 Å². The molecule has 0 saturated carbocycles. The van der Waals surface area contributed by atoms with Crippen molar-refractivity contribution in [2.75, 3.05) is 19.0 Å². The lowest BCUT2D eigenvalue weighted by atomic mass is 10.2. The Bertz CT molecular complexity index is 247. The molecule has 13 heavy (non-hydrogen) atoms. The molecule has 1 rings (SSSR count). The van der Waals surface area contributed by atoms with Crippen molar-refractivity contribution >= 4 is 5.82 Å². The second kappa shape index (κ2) is 4.87. The molecule has 1 heterocycles. The third-order valence-electron chi connectivity index (χ3n) is 1.97. The van der Waals surface area contributed by atoms with E-state index < -0.39 is 0 Å². The van der Waals surface area contributed by atoms with Gasteiger partial charge in [0, 0.05) is 32.9 Å². The van der Waals surface area contributed by atoms with Gasteiger partial charge in [-0.1, -0.05) is 0 Å².